The van der Waals surface area contributed by atoms with Crippen LogP contribution in [0.5, 0.6) is 0 Å². The van der Waals surface area contributed by atoms with Gasteiger partial charge in [0.05, 0.1) is 31.5 Å². The molecule has 1 aromatic heterocycles. The second-order valence-corrected chi connectivity index (χ2v) is 15.9. The summed E-state index contributed by atoms with van der Waals surface area (Å²) in [6, 6.07) is 12.4. The van der Waals surface area contributed by atoms with Crippen LogP contribution in [-0.2, 0) is 27.3 Å². The van der Waals surface area contributed by atoms with Gasteiger partial charge in [-0.05, 0) is 61.6 Å². The van der Waals surface area contributed by atoms with Crippen molar-refractivity contribution < 1.29 is 29.0 Å². The van der Waals surface area contributed by atoms with E-state index in [9.17, 15) is 24.3 Å². The Balaban J connectivity index is 1.90. The lowest BCUT2D eigenvalue weighted by molar-refractivity contribution is -0.133. The first-order valence-corrected chi connectivity index (χ1v) is 18.9. The van der Waals surface area contributed by atoms with Crippen LogP contribution in [0.1, 0.15) is 85.2 Å². The maximum absolute atomic E-state index is 14.4. The molecule has 0 saturated carbocycles. The first-order valence-electron chi connectivity index (χ1n) is 18.9. The zero-order chi connectivity index (χ0) is 39.5. The third kappa shape index (κ3) is 12.7. The van der Waals surface area contributed by atoms with Crippen LogP contribution in [0, 0.1) is 24.2 Å². The summed E-state index contributed by atoms with van der Waals surface area (Å²) in [5, 5.41) is 19.5. The molecule has 5 amide bonds. The molecule has 0 bridgehead atoms. The standard InChI is InChI=1S/C40H63N7O6/c1-11-27(4)34(46-21-20-45(39(46)52)24-31-19-15-16-28(5)41-31)36(49)42-32(23-30-17-13-12-14-18-30)33(48)25-47(29(6)22-26(2)3)44-37(50)35(40(7,8)9)43-38(51)53-10/h12-19,26-27,29,32-35,48H,11,20-25H2,1-10H3,(H,42,49)(H,43,51)(H,44,50). The molecule has 6 unspecified atom stereocenters. The summed E-state index contributed by atoms with van der Waals surface area (Å²) < 4.78 is 4.79. The molecule has 2 aromatic rings. The fourth-order valence-corrected chi connectivity index (χ4v) is 6.77. The number of nitrogens with one attached hydrogen (secondary N) is 3. The summed E-state index contributed by atoms with van der Waals surface area (Å²) in [5.41, 5.74) is 4.89. The van der Waals surface area contributed by atoms with E-state index in [-0.39, 0.29) is 36.4 Å². The van der Waals surface area contributed by atoms with E-state index < -0.39 is 41.6 Å². The Morgan fingerprint density at radius 1 is 0.981 bits per heavy atom. The number of benzene rings is 1. The number of alkyl carbamates (subject to hydrolysis) is 1. The van der Waals surface area contributed by atoms with E-state index in [0.717, 1.165) is 17.0 Å². The Morgan fingerprint density at radius 2 is 1.66 bits per heavy atom. The molecule has 1 fully saturated rings. The molecule has 1 aromatic carbocycles. The number of carbonyl (C=O) groups excluding carboxylic acids is 4. The highest BCUT2D eigenvalue weighted by atomic mass is 16.5. The Labute approximate surface area is 316 Å². The molecule has 294 valence electrons. The normalized spacial score (nSPS) is 16.9. The molecule has 2 heterocycles. The van der Waals surface area contributed by atoms with Gasteiger partial charge in [0.1, 0.15) is 12.1 Å². The van der Waals surface area contributed by atoms with Gasteiger partial charge in [-0.15, -0.1) is 0 Å². The maximum Gasteiger partial charge on any atom is 0.407 e. The van der Waals surface area contributed by atoms with E-state index in [1.54, 1.807) is 14.8 Å². The minimum atomic E-state index is -1.13. The third-order valence-electron chi connectivity index (χ3n) is 9.86. The minimum Gasteiger partial charge on any atom is -0.453 e. The van der Waals surface area contributed by atoms with Gasteiger partial charge in [-0.25, -0.2) is 14.6 Å². The van der Waals surface area contributed by atoms with Crippen molar-refractivity contribution in [1.29, 1.82) is 0 Å². The Hall–Kier alpha value is -4.23. The van der Waals surface area contributed by atoms with Crippen LogP contribution in [-0.4, -0.2) is 106 Å². The minimum absolute atomic E-state index is 0.0135. The van der Waals surface area contributed by atoms with E-state index in [2.05, 4.69) is 34.9 Å². The molecule has 0 spiro atoms. The molecule has 6 atom stereocenters. The molecule has 4 N–H and O–H groups in total. The van der Waals surface area contributed by atoms with Gasteiger partial charge in [0.15, 0.2) is 0 Å². The van der Waals surface area contributed by atoms with Gasteiger partial charge in [-0.1, -0.05) is 91.3 Å². The number of ether oxygens (including phenoxy) is 1. The number of carbonyl (C=O) groups is 4. The predicted octanol–water partition coefficient (Wildman–Crippen LogP) is 4.67. The van der Waals surface area contributed by atoms with Crippen molar-refractivity contribution in [2.45, 2.75) is 118 Å². The van der Waals surface area contributed by atoms with Crippen LogP contribution >= 0.6 is 0 Å². The monoisotopic (exact) mass is 737 g/mol. The summed E-state index contributed by atoms with van der Waals surface area (Å²) >= 11 is 0. The number of aromatic nitrogens is 1. The van der Waals surface area contributed by atoms with Crippen LogP contribution in [0.4, 0.5) is 9.59 Å². The molecule has 1 aliphatic rings. The van der Waals surface area contributed by atoms with Crippen molar-refractivity contribution >= 4 is 23.9 Å². The van der Waals surface area contributed by atoms with Gasteiger partial charge in [0.25, 0.3) is 5.91 Å². The summed E-state index contributed by atoms with van der Waals surface area (Å²) in [4.78, 5) is 62.1. The first-order chi connectivity index (χ1) is 24.9. The lowest BCUT2D eigenvalue weighted by Crippen LogP contribution is -2.62. The number of hydrogen-bond acceptors (Lipinski definition) is 8. The predicted molar refractivity (Wildman–Crippen MR) is 205 cm³/mol. The van der Waals surface area contributed by atoms with Gasteiger partial charge >= 0.3 is 12.1 Å². The van der Waals surface area contributed by atoms with Crippen LogP contribution in [0.3, 0.4) is 0 Å². The number of methoxy groups -OCH3 is 1. The molecule has 0 aliphatic carbocycles. The average Bonchev–Trinajstić information content (AvgIpc) is 3.44. The number of rotatable bonds is 18. The number of nitrogens with zero attached hydrogens (tertiary/aromatic N) is 4. The summed E-state index contributed by atoms with van der Waals surface area (Å²) in [6.45, 7) is 18.7. The summed E-state index contributed by atoms with van der Waals surface area (Å²) in [6.07, 6.45) is -0.181. The smallest absolute Gasteiger partial charge is 0.407 e. The van der Waals surface area contributed by atoms with Crippen molar-refractivity contribution in [3.05, 3.63) is 65.5 Å². The fourth-order valence-electron chi connectivity index (χ4n) is 6.77. The largest absolute Gasteiger partial charge is 0.453 e. The Morgan fingerprint density at radius 3 is 2.25 bits per heavy atom. The van der Waals surface area contributed by atoms with Gasteiger partial charge in [-0.3, -0.25) is 20.0 Å². The van der Waals surface area contributed by atoms with Gasteiger partial charge in [0, 0.05) is 31.4 Å². The van der Waals surface area contributed by atoms with Crippen LogP contribution in [0.25, 0.3) is 0 Å². The molecular formula is C40H63N7O6. The number of aryl methyl sites for hydroxylation is 1. The summed E-state index contributed by atoms with van der Waals surface area (Å²) in [7, 11) is 1.24. The van der Waals surface area contributed by atoms with E-state index in [0.29, 0.717) is 38.9 Å². The van der Waals surface area contributed by atoms with Crippen molar-refractivity contribution in [1.82, 2.24) is 35.9 Å². The Kier molecular flexibility index (Phi) is 16.1. The second kappa shape index (κ2) is 19.7. The van der Waals surface area contributed by atoms with Gasteiger partial charge in [0.2, 0.25) is 5.91 Å². The zero-order valence-electron chi connectivity index (χ0n) is 33.4. The van der Waals surface area contributed by atoms with Crippen LogP contribution in [0.2, 0.25) is 0 Å². The number of hydrazine groups is 1. The quantitative estimate of drug-likeness (QED) is 0.161. The second-order valence-electron chi connectivity index (χ2n) is 15.9. The average molecular weight is 738 g/mol. The van der Waals surface area contributed by atoms with Crippen molar-refractivity contribution in [3.8, 4) is 0 Å². The number of pyridine rings is 1. The lowest BCUT2D eigenvalue weighted by atomic mass is 9.86. The molecule has 53 heavy (non-hydrogen) atoms. The lowest BCUT2D eigenvalue weighted by Gasteiger charge is -2.38. The molecule has 1 aliphatic heterocycles. The van der Waals surface area contributed by atoms with Gasteiger partial charge < -0.3 is 30.3 Å². The molecule has 0 radical (unpaired) electrons. The Bertz CT molecular complexity index is 1500. The summed E-state index contributed by atoms with van der Waals surface area (Å²) in [5.74, 6) is -0.680. The maximum atomic E-state index is 14.4. The van der Waals surface area contributed by atoms with E-state index >= 15 is 0 Å². The molecule has 13 nitrogen and oxygen atoms in total. The molecule has 3 rings (SSSR count). The number of aliphatic hydroxyl groups excluding tert-OH is 1. The van der Waals surface area contributed by atoms with Crippen molar-refractivity contribution in [3.63, 3.8) is 0 Å². The number of urea groups is 1. The van der Waals surface area contributed by atoms with Crippen molar-refractivity contribution in [2.75, 3.05) is 26.7 Å². The fraction of sp³-hybridized carbons (Fsp3) is 0.625. The van der Waals surface area contributed by atoms with Gasteiger partial charge in [-0.2, -0.15) is 0 Å². The number of amides is 5. The van der Waals surface area contributed by atoms with Crippen molar-refractivity contribution in [2.24, 2.45) is 17.3 Å². The van der Waals surface area contributed by atoms with E-state index in [1.165, 1.54) is 7.11 Å². The highest BCUT2D eigenvalue weighted by Crippen LogP contribution is 2.24. The topological polar surface area (TPSA) is 156 Å². The molecule has 13 heteroatoms. The first kappa shape index (κ1) is 43.2. The number of hydrogen-bond donors (Lipinski definition) is 4. The third-order valence-corrected chi connectivity index (χ3v) is 9.86. The highest BCUT2D eigenvalue weighted by Gasteiger charge is 2.41. The van der Waals surface area contributed by atoms with Crippen LogP contribution < -0.4 is 16.1 Å². The van der Waals surface area contributed by atoms with Crippen LogP contribution in [0.15, 0.2) is 48.5 Å². The molecular weight excluding hydrogens is 674 g/mol. The SMILES string of the molecule is CCC(C)C(C(=O)NC(Cc1ccccc1)C(O)CN(NC(=O)C(NC(=O)OC)C(C)(C)C)C(C)CC(C)C)N1CCN(Cc2cccc(C)n2)C1=O. The highest BCUT2D eigenvalue weighted by molar-refractivity contribution is 5.88. The molecule has 1 saturated heterocycles. The van der Waals surface area contributed by atoms with E-state index in [4.69, 9.17) is 4.74 Å². The van der Waals surface area contributed by atoms with E-state index in [1.807, 2.05) is 97.0 Å². The zero-order valence-corrected chi connectivity index (χ0v) is 33.4. The number of aliphatic hydroxyl groups is 1.